The fourth-order valence-corrected chi connectivity index (χ4v) is 4.94. The van der Waals surface area contributed by atoms with Gasteiger partial charge in [-0.1, -0.05) is 91.0 Å². The molecule has 0 aliphatic heterocycles. The first-order valence-corrected chi connectivity index (χ1v) is 12.1. The van der Waals surface area contributed by atoms with Gasteiger partial charge in [0.2, 0.25) is 0 Å². The Hall–Kier alpha value is -2.27. The van der Waals surface area contributed by atoms with E-state index in [4.69, 9.17) is 4.52 Å². The van der Waals surface area contributed by atoms with Crippen LogP contribution in [0.25, 0.3) is 0 Å². The van der Waals surface area contributed by atoms with Gasteiger partial charge in [-0.2, -0.15) is 0 Å². The van der Waals surface area contributed by atoms with Crippen LogP contribution in [0.4, 0.5) is 0 Å². The van der Waals surface area contributed by atoms with Crippen molar-refractivity contribution in [3.63, 3.8) is 0 Å². The maximum absolute atomic E-state index is 12.8. The summed E-state index contributed by atoms with van der Waals surface area (Å²) in [5, 5.41) is 11.1. The van der Waals surface area contributed by atoms with E-state index in [0.717, 1.165) is 16.7 Å². The lowest BCUT2D eigenvalue weighted by Crippen LogP contribution is -2.44. The van der Waals surface area contributed by atoms with Gasteiger partial charge in [0, 0.05) is 13.1 Å². The van der Waals surface area contributed by atoms with Crippen molar-refractivity contribution in [3.05, 3.63) is 108 Å². The zero-order valence-electron chi connectivity index (χ0n) is 17.7. The minimum absolute atomic E-state index is 0.0558. The number of nitrogens with zero attached hydrogens (tertiary/aromatic N) is 1. The molecule has 31 heavy (non-hydrogen) atoms. The van der Waals surface area contributed by atoms with Crippen molar-refractivity contribution in [2.75, 3.05) is 6.61 Å². The third-order valence-electron chi connectivity index (χ3n) is 5.21. The molecule has 0 spiro atoms. The maximum atomic E-state index is 12.8. The Morgan fingerprint density at radius 3 is 1.65 bits per heavy atom. The third-order valence-corrected chi connectivity index (χ3v) is 6.85. The highest BCUT2D eigenvalue weighted by Crippen LogP contribution is 2.49. The van der Waals surface area contributed by atoms with Crippen LogP contribution in [0.3, 0.4) is 0 Å². The smallest absolute Gasteiger partial charge is 0.357 e. The summed E-state index contributed by atoms with van der Waals surface area (Å²) in [5.41, 5.74) is 3.11. The zero-order chi connectivity index (χ0) is 22.1. The van der Waals surface area contributed by atoms with Crippen LogP contribution in [0, 0.1) is 0 Å². The summed E-state index contributed by atoms with van der Waals surface area (Å²) in [6, 6.07) is 29.0. The van der Waals surface area contributed by atoms with Gasteiger partial charge in [0.15, 0.2) is 5.85 Å². The first-order chi connectivity index (χ1) is 15.0. The predicted molar refractivity (Wildman–Crippen MR) is 124 cm³/mol. The molecule has 0 aromatic heterocycles. The average Bonchev–Trinajstić information content (AvgIpc) is 2.79. The van der Waals surface area contributed by atoms with Crippen molar-refractivity contribution >= 4 is 7.60 Å². The van der Waals surface area contributed by atoms with Gasteiger partial charge in [0.25, 0.3) is 0 Å². The van der Waals surface area contributed by atoms with Gasteiger partial charge in [-0.05, 0) is 30.0 Å². The van der Waals surface area contributed by atoms with Gasteiger partial charge in [-0.3, -0.25) is 9.46 Å². The molecule has 0 saturated heterocycles. The molecule has 3 rings (SSSR count). The largest absolute Gasteiger partial charge is 0.379 e. The van der Waals surface area contributed by atoms with E-state index in [9.17, 15) is 14.6 Å². The van der Waals surface area contributed by atoms with Gasteiger partial charge in [0.1, 0.15) is 0 Å². The topological polar surface area (TPSA) is 70.0 Å². The molecule has 3 atom stereocenters. The van der Waals surface area contributed by atoms with Crippen molar-refractivity contribution in [1.82, 2.24) is 4.90 Å². The van der Waals surface area contributed by atoms with Gasteiger partial charge >= 0.3 is 7.60 Å². The molecular formula is C25H30NO4P. The zero-order valence-corrected chi connectivity index (χ0v) is 18.6. The van der Waals surface area contributed by atoms with Crippen molar-refractivity contribution in [1.29, 1.82) is 0 Å². The SMILES string of the molecule is CCOP(=O)(O)[C@@H](O)[C@H](Cc1ccccc1)N(Cc1ccccc1)Cc1ccccc1. The fourth-order valence-electron chi connectivity index (χ4n) is 3.68. The highest BCUT2D eigenvalue weighted by molar-refractivity contribution is 7.53. The van der Waals surface area contributed by atoms with E-state index in [1.54, 1.807) is 6.92 Å². The van der Waals surface area contributed by atoms with Crippen LogP contribution in [0.15, 0.2) is 91.0 Å². The van der Waals surface area contributed by atoms with Gasteiger partial charge < -0.3 is 14.5 Å². The molecule has 0 aliphatic rings. The van der Waals surface area contributed by atoms with Crippen molar-refractivity contribution in [2.24, 2.45) is 0 Å². The van der Waals surface area contributed by atoms with Crippen molar-refractivity contribution < 1.29 is 19.1 Å². The first-order valence-electron chi connectivity index (χ1n) is 10.5. The van der Waals surface area contributed by atoms with E-state index >= 15 is 0 Å². The van der Waals surface area contributed by atoms with E-state index in [2.05, 4.69) is 4.90 Å². The lowest BCUT2D eigenvalue weighted by molar-refractivity contribution is 0.0630. The number of hydrogen-bond donors (Lipinski definition) is 2. The molecule has 0 heterocycles. The molecule has 2 N–H and O–H groups in total. The van der Waals surface area contributed by atoms with Gasteiger partial charge in [-0.25, -0.2) is 0 Å². The normalized spacial score (nSPS) is 15.4. The van der Waals surface area contributed by atoms with E-state index in [-0.39, 0.29) is 6.61 Å². The lowest BCUT2D eigenvalue weighted by Gasteiger charge is -2.36. The summed E-state index contributed by atoms with van der Waals surface area (Å²) >= 11 is 0. The quantitative estimate of drug-likeness (QED) is 0.419. The van der Waals surface area contributed by atoms with Crippen LogP contribution in [-0.4, -0.2) is 33.4 Å². The van der Waals surface area contributed by atoms with Crippen LogP contribution >= 0.6 is 7.60 Å². The molecular weight excluding hydrogens is 409 g/mol. The number of rotatable bonds is 11. The Kier molecular flexibility index (Phi) is 8.59. The number of aliphatic hydroxyl groups excluding tert-OH is 1. The summed E-state index contributed by atoms with van der Waals surface area (Å²) in [7, 11) is -4.23. The van der Waals surface area contributed by atoms with E-state index in [0.29, 0.717) is 19.5 Å². The Labute approximate surface area is 184 Å². The van der Waals surface area contributed by atoms with Crippen molar-refractivity contribution in [2.45, 2.75) is 38.3 Å². The number of aliphatic hydroxyl groups is 1. The molecule has 5 nitrogen and oxygen atoms in total. The molecule has 164 valence electrons. The number of benzene rings is 3. The minimum atomic E-state index is -4.23. The second-order valence-corrected chi connectivity index (χ2v) is 9.44. The Morgan fingerprint density at radius 2 is 1.23 bits per heavy atom. The van der Waals surface area contributed by atoms with Crippen LogP contribution in [0.1, 0.15) is 23.6 Å². The molecule has 6 heteroatoms. The molecule has 0 amide bonds. The summed E-state index contributed by atoms with van der Waals surface area (Å²) in [6.07, 6.45) is 0.416. The molecule has 0 aliphatic carbocycles. The van der Waals surface area contributed by atoms with E-state index in [1.165, 1.54) is 0 Å². The van der Waals surface area contributed by atoms with Crippen LogP contribution in [0.2, 0.25) is 0 Å². The second kappa shape index (κ2) is 11.4. The summed E-state index contributed by atoms with van der Waals surface area (Å²) in [5.74, 6) is -1.54. The van der Waals surface area contributed by atoms with E-state index < -0.39 is 19.5 Å². The molecule has 0 radical (unpaired) electrons. The highest BCUT2D eigenvalue weighted by atomic mass is 31.2. The average molecular weight is 439 g/mol. The lowest BCUT2D eigenvalue weighted by atomic mass is 10.0. The summed E-state index contributed by atoms with van der Waals surface area (Å²) in [4.78, 5) is 12.5. The fraction of sp³-hybridized carbons (Fsp3) is 0.280. The summed E-state index contributed by atoms with van der Waals surface area (Å²) in [6.45, 7) is 2.75. The third kappa shape index (κ3) is 6.86. The van der Waals surface area contributed by atoms with Crippen molar-refractivity contribution in [3.8, 4) is 0 Å². The van der Waals surface area contributed by atoms with Gasteiger partial charge in [-0.15, -0.1) is 0 Å². The van der Waals surface area contributed by atoms with Crippen LogP contribution < -0.4 is 0 Å². The first kappa shape index (κ1) is 23.4. The minimum Gasteiger partial charge on any atom is -0.379 e. The highest BCUT2D eigenvalue weighted by Gasteiger charge is 2.40. The van der Waals surface area contributed by atoms with Gasteiger partial charge in [0.05, 0.1) is 12.6 Å². The summed E-state index contributed by atoms with van der Waals surface area (Å²) < 4.78 is 17.9. The predicted octanol–water partition coefficient (Wildman–Crippen LogP) is 4.84. The standard InChI is InChI=1S/C25H30NO4P/c1-2-30-31(28,29)25(27)24(18-21-12-6-3-7-13-21)26(19-22-14-8-4-9-15-22)20-23-16-10-5-11-17-23/h3-17,24-25,27H,2,18-20H2,1H3,(H,28,29)/t24-,25+/m0/s1. The Morgan fingerprint density at radius 1 is 0.806 bits per heavy atom. The second-order valence-electron chi connectivity index (χ2n) is 7.53. The molecule has 0 fully saturated rings. The molecule has 0 saturated carbocycles. The van der Waals surface area contributed by atoms with E-state index in [1.807, 2.05) is 91.0 Å². The molecule has 3 aromatic rings. The van der Waals surface area contributed by atoms with Crippen LogP contribution in [0.5, 0.6) is 0 Å². The monoisotopic (exact) mass is 439 g/mol. The molecule has 0 bridgehead atoms. The number of hydrogen-bond acceptors (Lipinski definition) is 4. The maximum Gasteiger partial charge on any atom is 0.357 e. The molecule has 3 aromatic carbocycles. The van der Waals surface area contributed by atoms with Crippen LogP contribution in [-0.2, 0) is 28.6 Å². The Bertz CT molecular complexity index is 912. The molecule has 1 unspecified atom stereocenters. The Balaban J connectivity index is 1.98.